The Bertz CT molecular complexity index is 728. The molecule has 0 radical (unpaired) electrons. The minimum absolute atomic E-state index is 0.200. The van der Waals surface area contributed by atoms with Crippen LogP contribution in [-0.4, -0.2) is 14.5 Å². The monoisotopic (exact) mass is 236 g/mol. The van der Waals surface area contributed by atoms with Crippen molar-refractivity contribution in [3.8, 4) is 0 Å². The van der Waals surface area contributed by atoms with Crippen molar-refractivity contribution >= 4 is 25.3 Å². The molecule has 0 aromatic heterocycles. The SMILES string of the molecule is O=c1[se]c2c3ccccc3c=2c1=O. The summed E-state index contributed by atoms with van der Waals surface area (Å²) >= 11 is -0.249. The Labute approximate surface area is 78.5 Å². The van der Waals surface area contributed by atoms with Gasteiger partial charge >= 0.3 is 78.2 Å². The number of hydrogen-bond acceptors (Lipinski definition) is 2. The van der Waals surface area contributed by atoms with Gasteiger partial charge in [0.05, 0.1) is 0 Å². The van der Waals surface area contributed by atoms with Gasteiger partial charge in [0.15, 0.2) is 0 Å². The van der Waals surface area contributed by atoms with Gasteiger partial charge in [-0.15, -0.1) is 0 Å². The Morgan fingerprint density at radius 2 is 1.69 bits per heavy atom. The Kier molecular flexibility index (Phi) is 1.22. The number of fused-ring (bicyclic) bond motifs is 3. The average Bonchev–Trinajstić information content (AvgIpc) is 2.37. The summed E-state index contributed by atoms with van der Waals surface area (Å²) < 4.78 is 0.812. The quantitative estimate of drug-likeness (QED) is 0.412. The maximum absolute atomic E-state index is 11.3. The van der Waals surface area contributed by atoms with Gasteiger partial charge in [-0.2, -0.15) is 0 Å². The van der Waals surface area contributed by atoms with Crippen LogP contribution in [0.15, 0.2) is 33.9 Å². The predicted molar refractivity (Wildman–Crippen MR) is 51.1 cm³/mol. The summed E-state index contributed by atoms with van der Waals surface area (Å²) in [5, 5.41) is 2.77. The number of rotatable bonds is 0. The van der Waals surface area contributed by atoms with Gasteiger partial charge in [0.2, 0.25) is 0 Å². The molecule has 0 amide bonds. The molecule has 3 heteroatoms. The zero-order valence-electron chi connectivity index (χ0n) is 6.53. The number of benzene rings is 1. The van der Waals surface area contributed by atoms with E-state index in [1.54, 1.807) is 0 Å². The molecule has 0 bridgehead atoms. The molecule has 13 heavy (non-hydrogen) atoms. The van der Waals surface area contributed by atoms with Crippen molar-refractivity contribution in [2.45, 2.75) is 0 Å². The molecule has 1 aliphatic carbocycles. The molecule has 0 atom stereocenters. The van der Waals surface area contributed by atoms with Crippen LogP contribution in [0.4, 0.5) is 0 Å². The summed E-state index contributed by atoms with van der Waals surface area (Å²) in [5.41, 5.74) is -0.270. The number of hydrogen-bond donors (Lipinski definition) is 0. The average molecular weight is 235 g/mol. The topological polar surface area (TPSA) is 34.1 Å². The van der Waals surface area contributed by atoms with Gasteiger partial charge in [0.1, 0.15) is 0 Å². The second kappa shape index (κ2) is 2.19. The van der Waals surface area contributed by atoms with E-state index in [1.165, 1.54) is 0 Å². The fourth-order valence-electron chi connectivity index (χ4n) is 1.67. The summed E-state index contributed by atoms with van der Waals surface area (Å²) in [4.78, 5) is 22.5. The van der Waals surface area contributed by atoms with E-state index < -0.39 is 0 Å². The van der Waals surface area contributed by atoms with Gasteiger partial charge < -0.3 is 0 Å². The summed E-state index contributed by atoms with van der Waals surface area (Å²) in [5.74, 6) is 0. The van der Waals surface area contributed by atoms with Crippen molar-refractivity contribution in [3.63, 3.8) is 0 Å². The van der Waals surface area contributed by atoms with E-state index in [9.17, 15) is 9.59 Å². The fraction of sp³-hybridized carbons (Fsp3) is 0. The molecular weight excluding hydrogens is 231 g/mol. The molecular formula is C10H4O2Se. The Balaban J connectivity index is 2.82. The van der Waals surface area contributed by atoms with Gasteiger partial charge in [-0.05, 0) is 0 Å². The third kappa shape index (κ3) is 0.736. The van der Waals surface area contributed by atoms with E-state index in [-0.39, 0.29) is 24.2 Å². The van der Waals surface area contributed by atoms with Crippen LogP contribution in [0.2, 0.25) is 0 Å². The molecule has 0 spiro atoms. The van der Waals surface area contributed by atoms with Crippen LogP contribution in [0.1, 0.15) is 0 Å². The van der Waals surface area contributed by atoms with Crippen molar-refractivity contribution < 1.29 is 0 Å². The molecule has 0 fully saturated rings. The maximum atomic E-state index is 11.3. The fourth-order valence-corrected chi connectivity index (χ4v) is 3.71. The van der Waals surface area contributed by atoms with E-state index >= 15 is 0 Å². The third-order valence-corrected chi connectivity index (χ3v) is 4.37. The molecule has 1 aromatic carbocycles. The van der Waals surface area contributed by atoms with E-state index in [0.717, 1.165) is 14.9 Å². The van der Waals surface area contributed by atoms with Gasteiger partial charge in [0.25, 0.3) is 0 Å². The van der Waals surface area contributed by atoms with E-state index in [1.807, 2.05) is 24.3 Å². The van der Waals surface area contributed by atoms with Gasteiger partial charge in [-0.25, -0.2) is 0 Å². The first kappa shape index (κ1) is 7.24. The second-order valence-electron chi connectivity index (χ2n) is 2.97. The van der Waals surface area contributed by atoms with Crippen LogP contribution < -0.4 is 9.73 Å². The standard InChI is InChI=1S/C10H4O2Se/c11-8-7-5-3-1-2-4-6(5)9(7)13-10(8)12/h1-4H. The Morgan fingerprint density at radius 1 is 1.00 bits per heavy atom. The van der Waals surface area contributed by atoms with Crippen LogP contribution in [0, 0.1) is 9.31 Å². The van der Waals surface area contributed by atoms with Gasteiger partial charge in [-0.1, -0.05) is 0 Å². The predicted octanol–water partition coefficient (Wildman–Crippen LogP) is 0.218. The van der Waals surface area contributed by atoms with E-state index in [0.29, 0.717) is 5.22 Å². The zero-order chi connectivity index (χ0) is 9.00. The van der Waals surface area contributed by atoms with Crippen molar-refractivity contribution in [1.29, 1.82) is 0 Å². The van der Waals surface area contributed by atoms with Crippen molar-refractivity contribution in [1.82, 2.24) is 0 Å². The molecule has 2 aliphatic rings. The first-order chi connectivity index (χ1) is 6.29. The van der Waals surface area contributed by atoms with Crippen molar-refractivity contribution in [2.75, 3.05) is 0 Å². The van der Waals surface area contributed by atoms with Crippen molar-refractivity contribution in [2.24, 2.45) is 0 Å². The summed E-state index contributed by atoms with van der Waals surface area (Å²) in [6.07, 6.45) is 0. The molecule has 0 saturated heterocycles. The first-order valence-electron chi connectivity index (χ1n) is 3.89. The second-order valence-corrected chi connectivity index (χ2v) is 5.03. The molecule has 1 aliphatic heterocycles. The molecule has 1 heterocycles. The molecule has 0 unspecified atom stereocenters. The van der Waals surface area contributed by atoms with Crippen LogP contribution in [0.25, 0.3) is 10.8 Å². The minimum atomic E-state index is -0.270. The third-order valence-electron chi connectivity index (χ3n) is 2.28. The molecule has 2 nitrogen and oxygen atoms in total. The van der Waals surface area contributed by atoms with E-state index in [4.69, 9.17) is 0 Å². The van der Waals surface area contributed by atoms with Gasteiger partial charge in [-0.3, -0.25) is 0 Å². The van der Waals surface area contributed by atoms with Crippen LogP contribution in [0.3, 0.4) is 0 Å². The Morgan fingerprint density at radius 3 is 2.46 bits per heavy atom. The van der Waals surface area contributed by atoms with E-state index in [2.05, 4.69) is 0 Å². The first-order valence-corrected chi connectivity index (χ1v) is 5.61. The molecule has 3 rings (SSSR count). The Hall–Kier alpha value is -1.18. The zero-order valence-corrected chi connectivity index (χ0v) is 8.25. The van der Waals surface area contributed by atoms with Crippen LogP contribution in [-0.2, 0) is 0 Å². The summed E-state index contributed by atoms with van der Waals surface area (Å²) in [6, 6.07) is 7.71. The molecule has 1 aromatic rings. The molecule has 0 N–H and O–H groups in total. The van der Waals surface area contributed by atoms with Crippen LogP contribution in [0.5, 0.6) is 0 Å². The van der Waals surface area contributed by atoms with Crippen LogP contribution >= 0.6 is 0 Å². The summed E-state index contributed by atoms with van der Waals surface area (Å²) in [6.45, 7) is 0. The summed E-state index contributed by atoms with van der Waals surface area (Å²) in [7, 11) is 0. The van der Waals surface area contributed by atoms with Crippen molar-refractivity contribution in [3.05, 3.63) is 52.9 Å². The van der Waals surface area contributed by atoms with Gasteiger partial charge in [0, 0.05) is 0 Å². The molecule has 62 valence electrons. The molecule has 0 saturated carbocycles. The normalized spacial score (nSPS) is 11.7.